The summed E-state index contributed by atoms with van der Waals surface area (Å²) in [5.41, 5.74) is 0.755. The van der Waals surface area contributed by atoms with Crippen molar-refractivity contribution in [1.29, 1.82) is 0 Å². The summed E-state index contributed by atoms with van der Waals surface area (Å²) in [7, 11) is 0. The summed E-state index contributed by atoms with van der Waals surface area (Å²) in [4.78, 5) is 18.7. The van der Waals surface area contributed by atoms with Crippen molar-refractivity contribution < 1.29 is 5.11 Å². The Morgan fingerprint density at radius 2 is 2.10 bits per heavy atom. The predicted molar refractivity (Wildman–Crippen MR) is 79.8 cm³/mol. The highest BCUT2D eigenvalue weighted by molar-refractivity contribution is 5.76. The molecule has 2 rings (SSSR count). The fraction of sp³-hybridized carbons (Fsp3) is 0.467. The van der Waals surface area contributed by atoms with Crippen molar-refractivity contribution >= 4 is 10.9 Å². The largest absolute Gasteiger partial charge is 0.395 e. The summed E-state index contributed by atoms with van der Waals surface area (Å²) in [5.74, 6) is 0. The topological polar surface area (TPSA) is 58.4 Å². The molecule has 0 radical (unpaired) electrons. The van der Waals surface area contributed by atoms with Crippen LogP contribution in [0.1, 0.15) is 13.3 Å². The molecule has 5 heteroatoms. The van der Waals surface area contributed by atoms with E-state index in [0.717, 1.165) is 25.0 Å². The third-order valence-corrected chi connectivity index (χ3v) is 3.47. The third kappa shape index (κ3) is 3.43. The van der Waals surface area contributed by atoms with E-state index in [4.69, 9.17) is 5.11 Å². The van der Waals surface area contributed by atoms with Gasteiger partial charge in [-0.2, -0.15) is 0 Å². The zero-order valence-corrected chi connectivity index (χ0v) is 11.8. The highest BCUT2D eigenvalue weighted by atomic mass is 16.3. The van der Waals surface area contributed by atoms with Crippen LogP contribution >= 0.6 is 0 Å². The van der Waals surface area contributed by atoms with Gasteiger partial charge in [0.25, 0.3) is 5.56 Å². The Labute approximate surface area is 118 Å². The summed E-state index contributed by atoms with van der Waals surface area (Å²) in [6.45, 7) is 5.35. The van der Waals surface area contributed by atoms with Gasteiger partial charge in [-0.25, -0.2) is 4.98 Å². The molecule has 108 valence electrons. The Morgan fingerprint density at radius 3 is 2.85 bits per heavy atom. The molecule has 1 aromatic heterocycles. The molecular formula is C15H21N3O2. The standard InChI is InChI=1S/C15H21N3O2/c1-2-17(10-11-19)8-5-9-18-12-16-14-7-4-3-6-13(14)15(18)20/h3-4,6-7,12,19H,2,5,8-11H2,1H3. The lowest BCUT2D eigenvalue weighted by atomic mass is 10.2. The van der Waals surface area contributed by atoms with Crippen LogP contribution in [0.25, 0.3) is 10.9 Å². The van der Waals surface area contributed by atoms with Crippen LogP contribution in [0.5, 0.6) is 0 Å². The predicted octanol–water partition coefficient (Wildman–Crippen LogP) is 1.10. The van der Waals surface area contributed by atoms with E-state index in [-0.39, 0.29) is 12.2 Å². The second kappa shape index (κ2) is 7.17. The second-order valence-corrected chi connectivity index (χ2v) is 4.77. The third-order valence-electron chi connectivity index (χ3n) is 3.47. The highest BCUT2D eigenvalue weighted by Crippen LogP contribution is 2.05. The van der Waals surface area contributed by atoms with Crippen LogP contribution in [0.4, 0.5) is 0 Å². The van der Waals surface area contributed by atoms with Gasteiger partial charge in [0.05, 0.1) is 23.8 Å². The first kappa shape index (κ1) is 14.7. The van der Waals surface area contributed by atoms with Gasteiger partial charge < -0.3 is 10.0 Å². The van der Waals surface area contributed by atoms with E-state index in [0.29, 0.717) is 18.5 Å². The van der Waals surface area contributed by atoms with Gasteiger partial charge in [0.2, 0.25) is 0 Å². The number of hydrogen-bond acceptors (Lipinski definition) is 4. The van der Waals surface area contributed by atoms with Crippen molar-refractivity contribution in [2.75, 3.05) is 26.2 Å². The molecule has 0 saturated carbocycles. The number of aliphatic hydroxyl groups excluding tert-OH is 1. The van der Waals surface area contributed by atoms with Crippen molar-refractivity contribution in [3.63, 3.8) is 0 Å². The van der Waals surface area contributed by atoms with E-state index in [2.05, 4.69) is 16.8 Å². The van der Waals surface area contributed by atoms with Crippen LogP contribution in [-0.4, -0.2) is 45.8 Å². The van der Waals surface area contributed by atoms with Gasteiger partial charge in [-0.15, -0.1) is 0 Å². The smallest absolute Gasteiger partial charge is 0.261 e. The van der Waals surface area contributed by atoms with Gasteiger partial charge >= 0.3 is 0 Å². The first-order valence-electron chi connectivity index (χ1n) is 7.03. The monoisotopic (exact) mass is 275 g/mol. The van der Waals surface area contributed by atoms with Crippen molar-refractivity contribution in [3.05, 3.63) is 40.9 Å². The van der Waals surface area contributed by atoms with E-state index in [1.165, 1.54) is 0 Å². The minimum atomic E-state index is 0.0146. The second-order valence-electron chi connectivity index (χ2n) is 4.77. The Balaban J connectivity index is 2.03. The molecule has 0 saturated heterocycles. The van der Waals surface area contributed by atoms with E-state index in [1.807, 2.05) is 24.3 Å². The molecule has 0 aliphatic heterocycles. The highest BCUT2D eigenvalue weighted by Gasteiger charge is 2.05. The van der Waals surface area contributed by atoms with Gasteiger partial charge in [0.15, 0.2) is 0 Å². The molecule has 0 aliphatic carbocycles. The average molecular weight is 275 g/mol. The van der Waals surface area contributed by atoms with Crippen LogP contribution in [-0.2, 0) is 6.54 Å². The molecular weight excluding hydrogens is 254 g/mol. The summed E-state index contributed by atoms with van der Waals surface area (Å²) < 4.78 is 1.66. The van der Waals surface area contributed by atoms with E-state index in [9.17, 15) is 4.79 Å². The van der Waals surface area contributed by atoms with Crippen LogP contribution in [0.3, 0.4) is 0 Å². The van der Waals surface area contributed by atoms with Gasteiger partial charge in [0, 0.05) is 13.1 Å². The molecule has 2 aromatic rings. The molecule has 0 atom stereocenters. The Hall–Kier alpha value is -1.72. The number of para-hydroxylation sites is 1. The van der Waals surface area contributed by atoms with E-state index < -0.39 is 0 Å². The molecule has 1 N–H and O–H groups in total. The first-order chi connectivity index (χ1) is 9.76. The van der Waals surface area contributed by atoms with Crippen molar-refractivity contribution in [2.45, 2.75) is 19.9 Å². The Morgan fingerprint density at radius 1 is 1.30 bits per heavy atom. The molecule has 20 heavy (non-hydrogen) atoms. The van der Waals surface area contributed by atoms with E-state index >= 15 is 0 Å². The zero-order valence-electron chi connectivity index (χ0n) is 11.8. The van der Waals surface area contributed by atoms with Crippen LogP contribution < -0.4 is 5.56 Å². The number of benzene rings is 1. The quantitative estimate of drug-likeness (QED) is 0.822. The number of likely N-dealkylation sites (N-methyl/N-ethyl adjacent to an activating group) is 1. The maximum absolute atomic E-state index is 12.3. The molecule has 0 unspecified atom stereocenters. The maximum Gasteiger partial charge on any atom is 0.261 e. The van der Waals surface area contributed by atoms with Crippen LogP contribution in [0.15, 0.2) is 35.4 Å². The van der Waals surface area contributed by atoms with Crippen molar-refractivity contribution in [3.8, 4) is 0 Å². The van der Waals surface area contributed by atoms with Crippen molar-refractivity contribution in [1.82, 2.24) is 14.5 Å². The molecule has 0 fully saturated rings. The summed E-state index contributed by atoms with van der Waals surface area (Å²) in [5, 5.41) is 9.60. The van der Waals surface area contributed by atoms with Gasteiger partial charge in [0.1, 0.15) is 0 Å². The fourth-order valence-corrected chi connectivity index (χ4v) is 2.30. The summed E-state index contributed by atoms with van der Waals surface area (Å²) in [6.07, 6.45) is 2.49. The number of rotatable bonds is 7. The molecule has 0 bridgehead atoms. The molecule has 0 spiro atoms. The molecule has 1 heterocycles. The number of nitrogens with zero attached hydrogens (tertiary/aromatic N) is 3. The minimum Gasteiger partial charge on any atom is -0.395 e. The molecule has 0 aliphatic rings. The van der Waals surface area contributed by atoms with E-state index in [1.54, 1.807) is 10.9 Å². The van der Waals surface area contributed by atoms with Gasteiger partial charge in [-0.3, -0.25) is 9.36 Å². The summed E-state index contributed by atoms with van der Waals surface area (Å²) >= 11 is 0. The Kier molecular flexibility index (Phi) is 5.26. The number of aryl methyl sites for hydroxylation is 1. The molecule has 1 aromatic carbocycles. The number of aromatic nitrogens is 2. The lowest BCUT2D eigenvalue weighted by molar-refractivity contribution is 0.198. The summed E-state index contributed by atoms with van der Waals surface area (Å²) in [6, 6.07) is 7.40. The number of fused-ring (bicyclic) bond motifs is 1. The SMILES string of the molecule is CCN(CCO)CCCn1cnc2ccccc2c1=O. The van der Waals surface area contributed by atoms with Crippen LogP contribution in [0, 0.1) is 0 Å². The fourth-order valence-electron chi connectivity index (χ4n) is 2.30. The van der Waals surface area contributed by atoms with Crippen molar-refractivity contribution in [2.24, 2.45) is 0 Å². The average Bonchev–Trinajstić information content (AvgIpc) is 2.49. The zero-order chi connectivity index (χ0) is 14.4. The molecule has 5 nitrogen and oxygen atoms in total. The normalized spacial score (nSPS) is 11.3. The Bertz CT molecular complexity index is 609. The lowest BCUT2D eigenvalue weighted by Gasteiger charge is -2.19. The lowest BCUT2D eigenvalue weighted by Crippen LogP contribution is -2.29. The van der Waals surface area contributed by atoms with Gasteiger partial charge in [-0.05, 0) is 31.6 Å². The maximum atomic E-state index is 12.3. The number of aliphatic hydroxyl groups is 1. The van der Waals surface area contributed by atoms with Gasteiger partial charge in [-0.1, -0.05) is 19.1 Å². The first-order valence-corrected chi connectivity index (χ1v) is 7.03. The molecule has 0 amide bonds. The minimum absolute atomic E-state index is 0.0146. The number of hydrogen-bond donors (Lipinski definition) is 1. The van der Waals surface area contributed by atoms with Crippen LogP contribution in [0.2, 0.25) is 0 Å².